The van der Waals surface area contributed by atoms with E-state index in [4.69, 9.17) is 28.4 Å². The summed E-state index contributed by atoms with van der Waals surface area (Å²) < 4.78 is 35.6. The number of amides is 3. The van der Waals surface area contributed by atoms with Crippen molar-refractivity contribution in [2.45, 2.75) is 194 Å². The second kappa shape index (κ2) is 15.8. The van der Waals surface area contributed by atoms with Crippen LogP contribution in [0.5, 0.6) is 0 Å². The zero-order chi connectivity index (χ0) is 40.7. The summed E-state index contributed by atoms with van der Waals surface area (Å²) in [6, 6.07) is 6.24. The summed E-state index contributed by atoms with van der Waals surface area (Å²) in [4.78, 5) is 45.3. The van der Waals surface area contributed by atoms with Crippen LogP contribution in [0, 0.1) is 0 Å². The highest BCUT2D eigenvalue weighted by Gasteiger charge is 2.48. The van der Waals surface area contributed by atoms with Crippen molar-refractivity contribution in [2.75, 3.05) is 19.8 Å². The Morgan fingerprint density at radius 1 is 0.519 bits per heavy atom. The molecule has 12 nitrogen and oxygen atoms in total. The molecule has 306 valence electrons. The first-order valence-corrected chi connectivity index (χ1v) is 19.7. The molecule has 4 rings (SSSR count). The fourth-order valence-electron chi connectivity index (χ4n) is 7.60. The van der Waals surface area contributed by atoms with Crippen LogP contribution in [0.1, 0.15) is 140 Å². The summed E-state index contributed by atoms with van der Waals surface area (Å²) in [6.45, 7) is 29.5. The molecule has 3 fully saturated rings. The van der Waals surface area contributed by atoms with Gasteiger partial charge in [-0.1, -0.05) is 18.2 Å². The van der Waals surface area contributed by atoms with Crippen LogP contribution in [0.3, 0.4) is 0 Å². The molecule has 12 heteroatoms. The van der Waals surface area contributed by atoms with Crippen LogP contribution >= 0.6 is 0 Å². The number of hydrogen-bond donors (Lipinski definition) is 0. The van der Waals surface area contributed by atoms with E-state index in [1.165, 1.54) is 0 Å². The summed E-state index contributed by atoms with van der Waals surface area (Å²) in [5.74, 6) is 0. The van der Waals surface area contributed by atoms with Gasteiger partial charge in [-0.15, -0.1) is 0 Å². The first kappa shape index (κ1) is 43.6. The largest absolute Gasteiger partial charge is 0.444 e. The molecule has 3 heterocycles. The van der Waals surface area contributed by atoms with Crippen LogP contribution in [0.25, 0.3) is 0 Å². The van der Waals surface area contributed by atoms with Crippen molar-refractivity contribution < 1.29 is 42.8 Å². The molecule has 0 N–H and O–H groups in total. The van der Waals surface area contributed by atoms with Gasteiger partial charge in [-0.2, -0.15) is 0 Å². The average molecular weight is 760 g/mol. The number of nitrogens with zero attached hydrogens (tertiary/aromatic N) is 3. The molecule has 3 atom stereocenters. The molecule has 54 heavy (non-hydrogen) atoms. The lowest BCUT2D eigenvalue weighted by molar-refractivity contribution is -0.0637. The van der Waals surface area contributed by atoms with Gasteiger partial charge in [-0.05, 0) is 159 Å². The van der Waals surface area contributed by atoms with Crippen LogP contribution in [0.2, 0.25) is 0 Å². The molecule has 3 aliphatic rings. The van der Waals surface area contributed by atoms with E-state index < -0.39 is 34.0 Å². The van der Waals surface area contributed by atoms with Crippen LogP contribution in [0.15, 0.2) is 18.2 Å². The molecule has 0 spiro atoms. The fourth-order valence-corrected chi connectivity index (χ4v) is 7.60. The predicted molar refractivity (Wildman–Crippen MR) is 207 cm³/mol. The van der Waals surface area contributed by atoms with E-state index in [2.05, 4.69) is 18.2 Å². The Hall–Kier alpha value is -3.09. The molecule has 1 aromatic carbocycles. The van der Waals surface area contributed by atoms with Gasteiger partial charge < -0.3 is 28.4 Å². The summed E-state index contributed by atoms with van der Waals surface area (Å²) in [7, 11) is 0. The second-order valence-corrected chi connectivity index (χ2v) is 19.6. The minimum atomic E-state index is -0.783. The number of carbonyl (C=O) groups is 3. The van der Waals surface area contributed by atoms with Crippen molar-refractivity contribution >= 4 is 18.3 Å². The SMILES string of the molecule is CC(C)(C)OC(=O)N1[C@H](CCc2cc(CC[C@@H]3COC(C)(C)N3C(=O)OC(C)(C)C)cc(CC[C@@H]3COC(C)(C)N3C(=O)OC(C)(C)C)c2)COC1(C)C. The fraction of sp³-hybridized carbons (Fsp3) is 0.786. The highest BCUT2D eigenvalue weighted by Crippen LogP contribution is 2.35. The van der Waals surface area contributed by atoms with E-state index >= 15 is 0 Å². The standard InChI is InChI=1S/C42H69N3O9/c1-37(2,3)52-34(46)43-31(25-49-40(43,10)11)19-16-28-22-29(17-20-32-26-50-41(12,13)44(32)35(47)53-38(4,5)6)24-30(23-28)18-21-33-27-51-42(14,15)45(33)36(48)54-39(7,8)9/h22-24,31-33H,16-21,25-27H2,1-15H3/t31-,32-,33-/m1/s1. The van der Waals surface area contributed by atoms with Crippen molar-refractivity contribution in [3.63, 3.8) is 0 Å². The molecule has 0 unspecified atom stereocenters. The van der Waals surface area contributed by atoms with Crippen LogP contribution in [-0.4, -0.2) is 105 Å². The van der Waals surface area contributed by atoms with Gasteiger partial charge in [0.1, 0.15) is 34.0 Å². The van der Waals surface area contributed by atoms with Gasteiger partial charge in [0.25, 0.3) is 0 Å². The monoisotopic (exact) mass is 760 g/mol. The van der Waals surface area contributed by atoms with Crippen molar-refractivity contribution in [2.24, 2.45) is 0 Å². The molecule has 0 bridgehead atoms. The van der Waals surface area contributed by atoms with Gasteiger partial charge in [0, 0.05) is 0 Å². The summed E-state index contributed by atoms with van der Waals surface area (Å²) >= 11 is 0. The Morgan fingerprint density at radius 2 is 0.741 bits per heavy atom. The molecule has 0 aromatic heterocycles. The maximum absolute atomic E-state index is 13.4. The lowest BCUT2D eigenvalue weighted by atomic mass is 9.94. The molecular formula is C42H69N3O9. The van der Waals surface area contributed by atoms with Crippen molar-refractivity contribution in [3.05, 3.63) is 34.9 Å². The lowest BCUT2D eigenvalue weighted by Crippen LogP contribution is -2.50. The maximum Gasteiger partial charge on any atom is 0.412 e. The first-order chi connectivity index (χ1) is 24.6. The van der Waals surface area contributed by atoms with Gasteiger partial charge in [0.05, 0.1) is 37.9 Å². The molecular weight excluding hydrogens is 690 g/mol. The van der Waals surface area contributed by atoms with Gasteiger partial charge in [0.15, 0.2) is 0 Å². The van der Waals surface area contributed by atoms with E-state index in [0.717, 1.165) is 36.0 Å². The van der Waals surface area contributed by atoms with Crippen LogP contribution in [-0.2, 0) is 47.7 Å². The predicted octanol–water partition coefficient (Wildman–Crippen LogP) is 8.60. The van der Waals surface area contributed by atoms with Gasteiger partial charge in [-0.3, -0.25) is 14.7 Å². The summed E-state index contributed by atoms with van der Waals surface area (Å²) in [5, 5.41) is 0. The highest BCUT2D eigenvalue weighted by atomic mass is 16.6. The first-order valence-electron chi connectivity index (χ1n) is 19.7. The molecule has 1 aromatic rings. The lowest BCUT2D eigenvalue weighted by Gasteiger charge is -2.35. The summed E-state index contributed by atoms with van der Waals surface area (Å²) in [5.41, 5.74) is -0.778. The van der Waals surface area contributed by atoms with E-state index in [-0.39, 0.29) is 36.4 Å². The van der Waals surface area contributed by atoms with Crippen LogP contribution in [0.4, 0.5) is 14.4 Å². The molecule has 3 amide bonds. The number of carbonyl (C=O) groups excluding carboxylic acids is 3. The second-order valence-electron chi connectivity index (χ2n) is 19.6. The molecule has 0 aliphatic carbocycles. The molecule has 3 aliphatic heterocycles. The van der Waals surface area contributed by atoms with Gasteiger partial charge in [-0.25, -0.2) is 14.4 Å². The maximum atomic E-state index is 13.4. The van der Waals surface area contributed by atoms with Crippen molar-refractivity contribution in [3.8, 4) is 0 Å². The Kier molecular flexibility index (Phi) is 12.8. The molecule has 0 radical (unpaired) electrons. The Balaban J connectivity index is 1.57. The van der Waals surface area contributed by atoms with Gasteiger partial charge in [0.2, 0.25) is 0 Å². The minimum absolute atomic E-state index is 0.150. The number of hydrogen-bond acceptors (Lipinski definition) is 9. The Bertz CT molecular complexity index is 1310. The Labute approximate surface area is 324 Å². The third-order valence-electron chi connectivity index (χ3n) is 9.90. The number of aryl methyl sites for hydroxylation is 3. The third-order valence-corrected chi connectivity index (χ3v) is 9.90. The molecule has 0 saturated carbocycles. The smallest absolute Gasteiger partial charge is 0.412 e. The van der Waals surface area contributed by atoms with E-state index in [1.807, 2.05) is 104 Å². The Morgan fingerprint density at radius 3 is 0.944 bits per heavy atom. The molecule has 3 saturated heterocycles. The van der Waals surface area contributed by atoms with Crippen molar-refractivity contribution in [1.82, 2.24) is 14.7 Å². The van der Waals surface area contributed by atoms with E-state index in [9.17, 15) is 14.4 Å². The quantitative estimate of drug-likeness (QED) is 0.228. The van der Waals surface area contributed by atoms with Gasteiger partial charge >= 0.3 is 18.3 Å². The number of benzene rings is 1. The van der Waals surface area contributed by atoms with Crippen LogP contribution < -0.4 is 0 Å². The highest BCUT2D eigenvalue weighted by molar-refractivity contribution is 5.71. The normalized spacial score (nSPS) is 23.8. The zero-order valence-corrected chi connectivity index (χ0v) is 35.8. The van der Waals surface area contributed by atoms with Crippen molar-refractivity contribution in [1.29, 1.82) is 0 Å². The summed E-state index contributed by atoms with van der Waals surface area (Å²) in [6.07, 6.45) is 3.11. The minimum Gasteiger partial charge on any atom is -0.444 e. The number of rotatable bonds is 9. The number of ether oxygens (including phenoxy) is 6. The zero-order valence-electron chi connectivity index (χ0n) is 35.8. The third kappa shape index (κ3) is 11.5. The topological polar surface area (TPSA) is 116 Å². The van der Waals surface area contributed by atoms with E-state index in [0.29, 0.717) is 39.1 Å². The average Bonchev–Trinajstić information content (AvgIpc) is 3.58. The van der Waals surface area contributed by atoms with E-state index in [1.54, 1.807) is 14.7 Å².